The highest BCUT2D eigenvalue weighted by Gasteiger charge is 2.43. The highest BCUT2D eigenvalue weighted by Crippen LogP contribution is 2.39. The Balaban J connectivity index is 1.07. The molecule has 3 saturated heterocycles. The molecule has 5 nitrogen and oxygen atoms in total. The van der Waals surface area contributed by atoms with Crippen molar-refractivity contribution in [1.29, 1.82) is 0 Å². The Morgan fingerprint density at radius 1 is 0.868 bits per heavy atom. The van der Waals surface area contributed by atoms with E-state index in [2.05, 4.69) is 39.5 Å². The number of anilines is 1. The Labute approximate surface area is 228 Å². The molecule has 0 radical (unpaired) electrons. The highest BCUT2D eigenvalue weighted by molar-refractivity contribution is 7.97. The zero-order valence-electron chi connectivity index (χ0n) is 21.5. The molecule has 0 spiro atoms. The summed E-state index contributed by atoms with van der Waals surface area (Å²) in [6.07, 6.45) is 3.90. The number of fused-ring (bicyclic) bond motifs is 2. The third-order valence-electron chi connectivity index (χ3n) is 8.10. The summed E-state index contributed by atoms with van der Waals surface area (Å²) in [4.78, 5) is 17.9. The number of carbonyl (C=O) groups is 1. The van der Waals surface area contributed by atoms with E-state index >= 15 is 4.39 Å². The monoisotopic (exact) mass is 531 g/mol. The molecule has 1 amide bonds. The number of piperidine rings is 1. The van der Waals surface area contributed by atoms with Gasteiger partial charge in [-0.2, -0.15) is 0 Å². The molecule has 2 unspecified atom stereocenters. The van der Waals surface area contributed by atoms with Crippen molar-refractivity contribution in [3.05, 3.63) is 95.8 Å². The lowest BCUT2D eigenvalue weighted by molar-refractivity contribution is 0.0880. The summed E-state index contributed by atoms with van der Waals surface area (Å²) in [7, 11) is 0. The Bertz CT molecular complexity index is 1220. The van der Waals surface area contributed by atoms with Crippen molar-refractivity contribution in [2.24, 2.45) is 0 Å². The smallest absolute Gasteiger partial charge is 0.410 e. The van der Waals surface area contributed by atoms with Gasteiger partial charge in [-0.15, -0.1) is 0 Å². The number of hydrogen-bond acceptors (Lipinski definition) is 5. The van der Waals surface area contributed by atoms with Crippen LogP contribution in [-0.4, -0.2) is 53.6 Å². The first-order valence-corrected chi connectivity index (χ1v) is 14.4. The van der Waals surface area contributed by atoms with Gasteiger partial charge in [-0.25, -0.2) is 13.5 Å². The molecule has 6 rings (SSSR count). The number of ether oxygens (including phenoxy) is 1. The van der Waals surface area contributed by atoms with E-state index in [4.69, 9.17) is 4.74 Å². The number of likely N-dealkylation sites (tertiary alicyclic amines) is 1. The van der Waals surface area contributed by atoms with Crippen LogP contribution in [0.2, 0.25) is 0 Å². The summed E-state index contributed by atoms with van der Waals surface area (Å²) >= 11 is 1.74. The van der Waals surface area contributed by atoms with Crippen LogP contribution in [0.3, 0.4) is 0 Å². The van der Waals surface area contributed by atoms with Gasteiger partial charge in [-0.1, -0.05) is 60.7 Å². The fourth-order valence-electron chi connectivity index (χ4n) is 6.16. The standard InChI is InChI=1S/C31H34FN3O2S/c32-29-14-13-28(38-34-17-15-25(16-18-34)24-9-5-2-6-10-24)19-30(29)35-26-11-12-27(35)21-33(20-26)31(36)37-22-23-7-3-1-4-8-23/h1-10,13-14,19,25-27H,11-12,15-18,20-22H2. The van der Waals surface area contributed by atoms with Crippen molar-refractivity contribution in [2.75, 3.05) is 31.1 Å². The molecule has 198 valence electrons. The van der Waals surface area contributed by atoms with Crippen LogP contribution in [0, 0.1) is 5.82 Å². The Hall–Kier alpha value is -3.03. The summed E-state index contributed by atoms with van der Waals surface area (Å²) < 4.78 is 23.1. The first-order chi connectivity index (χ1) is 18.6. The van der Waals surface area contributed by atoms with Crippen molar-refractivity contribution in [1.82, 2.24) is 9.21 Å². The Morgan fingerprint density at radius 3 is 2.21 bits per heavy atom. The molecule has 38 heavy (non-hydrogen) atoms. The second-order valence-electron chi connectivity index (χ2n) is 10.6. The van der Waals surface area contributed by atoms with Gasteiger partial charge >= 0.3 is 6.09 Å². The molecule has 3 aliphatic heterocycles. The second-order valence-corrected chi connectivity index (χ2v) is 11.7. The molecule has 3 fully saturated rings. The molecule has 0 saturated carbocycles. The second kappa shape index (κ2) is 11.4. The SMILES string of the molecule is O=C(OCc1ccccc1)N1CC2CCC(C1)N2c1cc(SN2CCC(c3ccccc3)CC2)ccc1F. The maximum absolute atomic E-state index is 15.1. The number of amides is 1. The van der Waals surface area contributed by atoms with Gasteiger partial charge < -0.3 is 14.5 Å². The van der Waals surface area contributed by atoms with Gasteiger partial charge in [-0.3, -0.25) is 0 Å². The van der Waals surface area contributed by atoms with E-state index in [0.29, 0.717) is 24.7 Å². The maximum atomic E-state index is 15.1. The topological polar surface area (TPSA) is 36.0 Å². The minimum absolute atomic E-state index is 0.106. The lowest BCUT2D eigenvalue weighted by atomic mass is 9.90. The van der Waals surface area contributed by atoms with E-state index in [0.717, 1.165) is 49.2 Å². The van der Waals surface area contributed by atoms with E-state index in [1.165, 1.54) is 5.56 Å². The van der Waals surface area contributed by atoms with Crippen molar-refractivity contribution >= 4 is 23.7 Å². The average molecular weight is 532 g/mol. The van der Waals surface area contributed by atoms with Crippen LogP contribution in [-0.2, 0) is 11.3 Å². The van der Waals surface area contributed by atoms with E-state index in [9.17, 15) is 4.79 Å². The quantitative estimate of drug-likeness (QED) is 0.331. The normalized spacial score (nSPS) is 22.0. The van der Waals surface area contributed by atoms with Gasteiger partial charge in [0.15, 0.2) is 0 Å². The van der Waals surface area contributed by atoms with E-state index in [1.54, 1.807) is 22.9 Å². The van der Waals surface area contributed by atoms with Crippen LogP contribution >= 0.6 is 11.9 Å². The number of benzene rings is 3. The molecular weight excluding hydrogens is 497 g/mol. The fraction of sp³-hybridized carbons (Fsp3) is 0.387. The third-order valence-corrected chi connectivity index (χ3v) is 9.19. The molecule has 3 aromatic carbocycles. The molecule has 2 bridgehead atoms. The van der Waals surface area contributed by atoms with Gasteiger partial charge in [0.05, 0.1) is 5.69 Å². The van der Waals surface area contributed by atoms with Crippen molar-refractivity contribution in [3.63, 3.8) is 0 Å². The lowest BCUT2D eigenvalue weighted by Crippen LogP contribution is -2.55. The number of hydrogen-bond donors (Lipinski definition) is 0. The van der Waals surface area contributed by atoms with Crippen molar-refractivity contribution < 1.29 is 13.9 Å². The van der Waals surface area contributed by atoms with Gasteiger partial charge in [-0.05, 0) is 72.9 Å². The minimum Gasteiger partial charge on any atom is -0.445 e. The van der Waals surface area contributed by atoms with Crippen molar-refractivity contribution in [2.45, 2.75) is 55.2 Å². The molecule has 3 aliphatic rings. The van der Waals surface area contributed by atoms with Crippen LogP contribution in [0.4, 0.5) is 14.9 Å². The van der Waals surface area contributed by atoms with Crippen LogP contribution < -0.4 is 4.90 Å². The van der Waals surface area contributed by atoms with Crippen LogP contribution in [0.1, 0.15) is 42.7 Å². The van der Waals surface area contributed by atoms with Crippen LogP contribution in [0.15, 0.2) is 83.8 Å². The molecule has 2 atom stereocenters. The number of halogens is 1. The van der Waals surface area contributed by atoms with E-state index in [-0.39, 0.29) is 30.6 Å². The summed E-state index contributed by atoms with van der Waals surface area (Å²) in [6.45, 7) is 3.44. The predicted octanol–water partition coefficient (Wildman–Crippen LogP) is 6.70. The minimum atomic E-state index is -0.283. The highest BCUT2D eigenvalue weighted by atomic mass is 32.2. The summed E-state index contributed by atoms with van der Waals surface area (Å²) in [5, 5.41) is 0. The van der Waals surface area contributed by atoms with Gasteiger partial charge in [0.25, 0.3) is 0 Å². The number of rotatable bonds is 6. The molecule has 3 aromatic rings. The first-order valence-electron chi connectivity index (χ1n) is 13.7. The average Bonchev–Trinajstić information content (AvgIpc) is 3.22. The summed E-state index contributed by atoms with van der Waals surface area (Å²) in [5.74, 6) is 0.428. The number of piperazine rings is 1. The lowest BCUT2D eigenvalue weighted by Gasteiger charge is -2.42. The maximum Gasteiger partial charge on any atom is 0.410 e. The van der Waals surface area contributed by atoms with Gasteiger partial charge in [0.2, 0.25) is 0 Å². The zero-order chi connectivity index (χ0) is 25.9. The summed E-state index contributed by atoms with van der Waals surface area (Å²) in [6, 6.07) is 26.2. The Morgan fingerprint density at radius 2 is 1.53 bits per heavy atom. The molecule has 3 heterocycles. The predicted molar refractivity (Wildman–Crippen MR) is 150 cm³/mol. The Kier molecular flexibility index (Phi) is 7.56. The summed E-state index contributed by atoms with van der Waals surface area (Å²) in [5.41, 5.74) is 3.07. The van der Waals surface area contributed by atoms with E-state index in [1.807, 2.05) is 42.5 Å². The zero-order valence-corrected chi connectivity index (χ0v) is 22.4. The molecule has 0 aromatic heterocycles. The van der Waals surface area contributed by atoms with Crippen LogP contribution in [0.5, 0.6) is 0 Å². The molecular formula is C31H34FN3O2S. The molecule has 0 N–H and O–H groups in total. The number of carbonyl (C=O) groups excluding carboxylic acids is 1. The van der Waals surface area contributed by atoms with E-state index < -0.39 is 0 Å². The molecule has 7 heteroatoms. The van der Waals surface area contributed by atoms with Gasteiger partial charge in [0.1, 0.15) is 12.4 Å². The number of nitrogens with zero attached hydrogens (tertiary/aromatic N) is 3. The third kappa shape index (κ3) is 5.54. The fourth-order valence-corrected chi connectivity index (χ4v) is 7.14. The van der Waals surface area contributed by atoms with Crippen LogP contribution in [0.25, 0.3) is 0 Å². The molecule has 0 aliphatic carbocycles. The van der Waals surface area contributed by atoms with Crippen molar-refractivity contribution in [3.8, 4) is 0 Å². The first kappa shape index (κ1) is 25.3. The largest absolute Gasteiger partial charge is 0.445 e. The van der Waals surface area contributed by atoms with Gasteiger partial charge in [0, 0.05) is 43.2 Å².